The van der Waals surface area contributed by atoms with Crippen molar-refractivity contribution in [1.82, 2.24) is 4.57 Å². The van der Waals surface area contributed by atoms with E-state index in [0.717, 1.165) is 28.3 Å². The molecule has 0 aliphatic rings. The number of hydrogen-bond acceptors (Lipinski definition) is 1. The van der Waals surface area contributed by atoms with Gasteiger partial charge in [0.25, 0.3) is 0 Å². The fourth-order valence-electron chi connectivity index (χ4n) is 8.22. The fourth-order valence-corrected chi connectivity index (χ4v) is 8.22. The number of para-hydroxylation sites is 3. The van der Waals surface area contributed by atoms with Gasteiger partial charge in [0.05, 0.1) is 22.4 Å². The van der Waals surface area contributed by atoms with Crippen LogP contribution in [0.5, 0.6) is 0 Å². The lowest BCUT2D eigenvalue weighted by atomic mass is 9.94. The average Bonchev–Trinajstić information content (AvgIpc) is 3.60. The van der Waals surface area contributed by atoms with Crippen molar-refractivity contribution in [3.63, 3.8) is 0 Å². The SMILES string of the molecule is c1ccc(-c2ccccc2-c2cccc(-n3c4ccccc4c4c(N(c5ccccc5)c5ccccc5-c5cccc6ccccc56)cccc43)c2)cc1. The van der Waals surface area contributed by atoms with Crippen molar-refractivity contribution < 1.29 is 0 Å². The fraction of sp³-hybridized carbons (Fsp3) is 0. The predicted octanol–water partition coefficient (Wildman–Crippen LogP) is 14.4. The quantitative estimate of drug-likeness (QED) is 0.162. The van der Waals surface area contributed by atoms with Crippen LogP contribution < -0.4 is 4.90 Å². The third-order valence-corrected chi connectivity index (χ3v) is 10.6. The lowest BCUT2D eigenvalue weighted by molar-refractivity contribution is 1.18. The topological polar surface area (TPSA) is 8.17 Å². The highest BCUT2D eigenvalue weighted by atomic mass is 15.1. The zero-order valence-electron chi connectivity index (χ0n) is 29.7. The summed E-state index contributed by atoms with van der Waals surface area (Å²) >= 11 is 0. The van der Waals surface area contributed by atoms with Crippen molar-refractivity contribution in [3.05, 3.63) is 218 Å². The third kappa shape index (κ3) is 5.36. The van der Waals surface area contributed by atoms with Gasteiger partial charge in [-0.2, -0.15) is 0 Å². The number of aromatic nitrogens is 1. The van der Waals surface area contributed by atoms with E-state index in [9.17, 15) is 0 Å². The standard InChI is InChI=1S/C52H36N2/c1-3-18-37(19-4-1)42-26-9-10-28-44(42)39-22-15-25-41(36-39)54-49-33-14-12-30-47(49)52-50(34-17-35-51(52)54)53(40-23-5-2-6-24-40)48-32-13-11-29-46(48)45-31-16-21-38-20-7-8-27-43(38)45/h1-36H. The number of fused-ring (bicyclic) bond motifs is 4. The van der Waals surface area contributed by atoms with Gasteiger partial charge in [-0.15, -0.1) is 0 Å². The first-order valence-electron chi connectivity index (χ1n) is 18.5. The lowest BCUT2D eigenvalue weighted by Gasteiger charge is -2.29. The minimum Gasteiger partial charge on any atom is -0.309 e. The minimum atomic E-state index is 1.11. The van der Waals surface area contributed by atoms with E-state index in [2.05, 4.69) is 228 Å². The number of anilines is 3. The van der Waals surface area contributed by atoms with E-state index in [0.29, 0.717) is 0 Å². The molecule has 0 unspecified atom stereocenters. The minimum absolute atomic E-state index is 1.11. The Morgan fingerprint density at radius 3 is 1.70 bits per heavy atom. The molecule has 0 saturated heterocycles. The molecule has 0 spiro atoms. The number of benzene rings is 9. The number of nitrogens with zero attached hydrogens (tertiary/aromatic N) is 2. The van der Waals surface area contributed by atoms with Gasteiger partial charge in [0, 0.05) is 27.7 Å². The van der Waals surface area contributed by atoms with Crippen LogP contribution in [0.3, 0.4) is 0 Å². The van der Waals surface area contributed by atoms with Crippen LogP contribution in [0.15, 0.2) is 218 Å². The van der Waals surface area contributed by atoms with E-state index in [1.807, 2.05) is 0 Å². The molecule has 0 atom stereocenters. The van der Waals surface area contributed by atoms with Crippen LogP contribution in [0.2, 0.25) is 0 Å². The van der Waals surface area contributed by atoms with Crippen molar-refractivity contribution in [3.8, 4) is 39.1 Å². The van der Waals surface area contributed by atoms with Crippen molar-refractivity contribution in [2.45, 2.75) is 0 Å². The molecule has 0 bridgehead atoms. The summed E-state index contributed by atoms with van der Waals surface area (Å²) in [7, 11) is 0. The largest absolute Gasteiger partial charge is 0.309 e. The molecule has 54 heavy (non-hydrogen) atoms. The first kappa shape index (κ1) is 31.6. The Morgan fingerprint density at radius 1 is 0.333 bits per heavy atom. The van der Waals surface area contributed by atoms with E-state index in [1.54, 1.807) is 0 Å². The molecule has 2 heteroatoms. The smallest absolute Gasteiger partial charge is 0.0562 e. The second-order valence-corrected chi connectivity index (χ2v) is 13.7. The van der Waals surface area contributed by atoms with Gasteiger partial charge in [-0.05, 0) is 87.1 Å². The summed E-state index contributed by atoms with van der Waals surface area (Å²) in [6.45, 7) is 0. The van der Waals surface area contributed by atoms with Crippen LogP contribution in [-0.4, -0.2) is 4.57 Å². The summed E-state index contributed by atoms with van der Waals surface area (Å²) in [5.74, 6) is 0. The molecule has 1 heterocycles. The summed E-state index contributed by atoms with van der Waals surface area (Å²) < 4.78 is 2.43. The second-order valence-electron chi connectivity index (χ2n) is 13.7. The van der Waals surface area contributed by atoms with E-state index in [4.69, 9.17) is 0 Å². The zero-order chi connectivity index (χ0) is 35.8. The average molecular weight is 689 g/mol. The van der Waals surface area contributed by atoms with Crippen LogP contribution in [-0.2, 0) is 0 Å². The molecule has 0 fully saturated rings. The Morgan fingerprint density at radius 2 is 0.870 bits per heavy atom. The summed E-state index contributed by atoms with van der Waals surface area (Å²) in [4.78, 5) is 2.45. The van der Waals surface area contributed by atoms with Gasteiger partial charge < -0.3 is 9.47 Å². The van der Waals surface area contributed by atoms with Crippen molar-refractivity contribution in [1.29, 1.82) is 0 Å². The van der Waals surface area contributed by atoms with Crippen LogP contribution in [0.4, 0.5) is 17.1 Å². The summed E-state index contributed by atoms with van der Waals surface area (Å²) in [5.41, 5.74) is 14.1. The maximum absolute atomic E-state index is 2.45. The first-order valence-corrected chi connectivity index (χ1v) is 18.5. The van der Waals surface area contributed by atoms with Gasteiger partial charge in [-0.1, -0.05) is 170 Å². The van der Waals surface area contributed by atoms with Gasteiger partial charge in [0.1, 0.15) is 0 Å². The molecule has 0 saturated carbocycles. The third-order valence-electron chi connectivity index (χ3n) is 10.6. The maximum atomic E-state index is 2.45. The molecule has 0 radical (unpaired) electrons. The van der Waals surface area contributed by atoms with E-state index in [1.165, 1.54) is 60.4 Å². The van der Waals surface area contributed by atoms with Crippen LogP contribution in [0.1, 0.15) is 0 Å². The highest BCUT2D eigenvalue weighted by Crippen LogP contribution is 2.47. The molecular weight excluding hydrogens is 653 g/mol. The van der Waals surface area contributed by atoms with E-state index in [-0.39, 0.29) is 0 Å². The Balaban J connectivity index is 1.21. The highest BCUT2D eigenvalue weighted by Gasteiger charge is 2.23. The number of hydrogen-bond donors (Lipinski definition) is 0. The molecule has 1 aromatic heterocycles. The van der Waals surface area contributed by atoms with Gasteiger partial charge in [0.15, 0.2) is 0 Å². The molecule has 254 valence electrons. The van der Waals surface area contributed by atoms with Crippen LogP contribution in [0.25, 0.3) is 71.6 Å². The molecular formula is C52H36N2. The second kappa shape index (κ2) is 13.4. The molecule has 0 N–H and O–H groups in total. The normalized spacial score (nSPS) is 11.3. The molecule has 0 aliphatic carbocycles. The molecule has 0 aliphatic heterocycles. The summed E-state index contributed by atoms with van der Waals surface area (Å²) in [5, 5.41) is 4.89. The van der Waals surface area contributed by atoms with E-state index < -0.39 is 0 Å². The zero-order valence-corrected chi connectivity index (χ0v) is 29.7. The predicted molar refractivity (Wildman–Crippen MR) is 229 cm³/mol. The Kier molecular flexibility index (Phi) is 7.85. The van der Waals surface area contributed by atoms with Gasteiger partial charge >= 0.3 is 0 Å². The molecule has 10 aromatic rings. The lowest BCUT2D eigenvalue weighted by Crippen LogP contribution is -2.11. The summed E-state index contributed by atoms with van der Waals surface area (Å²) in [6.07, 6.45) is 0. The Labute approximate surface area is 315 Å². The van der Waals surface area contributed by atoms with E-state index >= 15 is 0 Å². The Hall–Kier alpha value is -7.16. The van der Waals surface area contributed by atoms with Crippen LogP contribution >= 0.6 is 0 Å². The molecule has 2 nitrogen and oxygen atoms in total. The number of rotatable bonds is 7. The molecule has 9 aromatic carbocycles. The van der Waals surface area contributed by atoms with Gasteiger partial charge in [-0.3, -0.25) is 0 Å². The molecule has 10 rings (SSSR count). The monoisotopic (exact) mass is 688 g/mol. The van der Waals surface area contributed by atoms with Gasteiger partial charge in [-0.25, -0.2) is 0 Å². The van der Waals surface area contributed by atoms with Crippen molar-refractivity contribution >= 4 is 49.6 Å². The van der Waals surface area contributed by atoms with Gasteiger partial charge in [0.2, 0.25) is 0 Å². The van der Waals surface area contributed by atoms with Crippen molar-refractivity contribution in [2.75, 3.05) is 4.90 Å². The highest BCUT2D eigenvalue weighted by molar-refractivity contribution is 6.17. The van der Waals surface area contributed by atoms with Crippen LogP contribution in [0, 0.1) is 0 Å². The maximum Gasteiger partial charge on any atom is 0.0562 e. The first-order chi connectivity index (χ1) is 26.8. The summed E-state index contributed by atoms with van der Waals surface area (Å²) in [6, 6.07) is 78.8. The molecule has 0 amide bonds. The Bertz CT molecular complexity index is 2930. The van der Waals surface area contributed by atoms with Crippen molar-refractivity contribution in [2.24, 2.45) is 0 Å².